The maximum Gasteiger partial charge on any atom is 0.255 e. The molecule has 6 heteroatoms. The minimum Gasteiger partial charge on any atom is -0.378 e. The van der Waals surface area contributed by atoms with Crippen LogP contribution >= 0.6 is 0 Å². The van der Waals surface area contributed by atoms with E-state index in [9.17, 15) is 4.79 Å². The summed E-state index contributed by atoms with van der Waals surface area (Å²) in [4.78, 5) is 14.5. The molecule has 0 bridgehead atoms. The van der Waals surface area contributed by atoms with E-state index >= 15 is 0 Å². The van der Waals surface area contributed by atoms with Crippen molar-refractivity contribution >= 4 is 5.91 Å². The lowest BCUT2D eigenvalue weighted by molar-refractivity contribution is 0.0763. The fourth-order valence-electron chi connectivity index (χ4n) is 2.94. The highest BCUT2D eigenvalue weighted by atomic mass is 16.5. The van der Waals surface area contributed by atoms with E-state index in [-0.39, 0.29) is 5.91 Å². The van der Waals surface area contributed by atoms with Gasteiger partial charge in [-0.05, 0) is 37.8 Å². The van der Waals surface area contributed by atoms with Crippen molar-refractivity contribution in [3.63, 3.8) is 0 Å². The molecule has 23 heavy (non-hydrogen) atoms. The lowest BCUT2D eigenvalue weighted by atomic mass is 10.1. The van der Waals surface area contributed by atoms with Crippen molar-refractivity contribution in [1.29, 1.82) is 0 Å². The summed E-state index contributed by atoms with van der Waals surface area (Å²) >= 11 is 0. The predicted octanol–water partition coefficient (Wildman–Crippen LogP) is 2.30. The van der Waals surface area contributed by atoms with Crippen LogP contribution in [0, 0.1) is 0 Å². The molecular weight excluding hydrogens is 292 g/mol. The molecule has 1 atom stereocenters. The number of rotatable bonds is 6. The number of amides is 1. The van der Waals surface area contributed by atoms with E-state index in [0.717, 1.165) is 44.5 Å². The van der Waals surface area contributed by atoms with Crippen LogP contribution in [0.15, 0.2) is 36.9 Å². The highest BCUT2D eigenvalue weighted by Gasteiger charge is 2.18. The van der Waals surface area contributed by atoms with Gasteiger partial charge < -0.3 is 9.64 Å². The summed E-state index contributed by atoms with van der Waals surface area (Å²) < 4.78 is 7.38. The second kappa shape index (κ2) is 7.37. The third-order valence-corrected chi connectivity index (χ3v) is 4.22. The Morgan fingerprint density at radius 2 is 2.13 bits per heavy atom. The number of ether oxygens (including phenoxy) is 1. The number of hydrogen-bond acceptors (Lipinski definition) is 4. The minimum absolute atomic E-state index is 0.0154. The summed E-state index contributed by atoms with van der Waals surface area (Å²) in [5.74, 6) is 0.0154. The quantitative estimate of drug-likeness (QED) is 0.821. The van der Waals surface area contributed by atoms with Gasteiger partial charge in [0, 0.05) is 20.2 Å². The molecule has 1 aliphatic heterocycles. The van der Waals surface area contributed by atoms with E-state index in [1.54, 1.807) is 22.1 Å². The van der Waals surface area contributed by atoms with Gasteiger partial charge >= 0.3 is 0 Å². The molecule has 3 rings (SSSR count). The zero-order chi connectivity index (χ0) is 16.1. The second-order valence-electron chi connectivity index (χ2n) is 5.89. The van der Waals surface area contributed by atoms with Crippen molar-refractivity contribution in [3.05, 3.63) is 42.5 Å². The molecule has 6 nitrogen and oxygen atoms in total. The van der Waals surface area contributed by atoms with Crippen LogP contribution in [-0.2, 0) is 4.74 Å². The van der Waals surface area contributed by atoms with Gasteiger partial charge in [0.15, 0.2) is 0 Å². The third-order valence-electron chi connectivity index (χ3n) is 4.22. The topological polar surface area (TPSA) is 60.2 Å². The molecule has 0 N–H and O–H groups in total. The first-order chi connectivity index (χ1) is 11.3. The van der Waals surface area contributed by atoms with Gasteiger partial charge in [-0.2, -0.15) is 0 Å². The van der Waals surface area contributed by atoms with Crippen LogP contribution in [0.4, 0.5) is 0 Å². The molecule has 2 heterocycles. The van der Waals surface area contributed by atoms with Gasteiger partial charge in [0.1, 0.15) is 12.7 Å². The number of carbonyl (C=O) groups excluding carboxylic acids is 1. The smallest absolute Gasteiger partial charge is 0.255 e. The average Bonchev–Trinajstić information content (AvgIpc) is 3.27. The van der Waals surface area contributed by atoms with Gasteiger partial charge in [0.05, 0.1) is 17.4 Å². The van der Waals surface area contributed by atoms with Crippen LogP contribution in [0.2, 0.25) is 0 Å². The SMILES string of the molecule is CN(CCC[C@@H]1CCCO1)C(=O)c1ccccc1-n1cnnc1. The van der Waals surface area contributed by atoms with Crippen LogP contribution < -0.4 is 0 Å². The number of aromatic nitrogens is 3. The number of hydrogen-bond donors (Lipinski definition) is 0. The third kappa shape index (κ3) is 3.76. The van der Waals surface area contributed by atoms with Gasteiger partial charge in [-0.3, -0.25) is 9.36 Å². The van der Waals surface area contributed by atoms with Crippen molar-refractivity contribution in [3.8, 4) is 5.69 Å². The number of benzene rings is 1. The lowest BCUT2D eigenvalue weighted by Gasteiger charge is -2.20. The Morgan fingerprint density at radius 1 is 1.35 bits per heavy atom. The number of para-hydroxylation sites is 1. The molecule has 0 radical (unpaired) electrons. The van der Waals surface area contributed by atoms with Crippen molar-refractivity contribution in [2.24, 2.45) is 0 Å². The summed E-state index contributed by atoms with van der Waals surface area (Å²) in [6.45, 7) is 1.61. The van der Waals surface area contributed by atoms with Crippen molar-refractivity contribution in [2.45, 2.75) is 31.8 Å². The Balaban J connectivity index is 1.63. The zero-order valence-corrected chi connectivity index (χ0v) is 13.4. The van der Waals surface area contributed by atoms with Crippen molar-refractivity contribution < 1.29 is 9.53 Å². The maximum absolute atomic E-state index is 12.7. The average molecular weight is 314 g/mol. The van der Waals surface area contributed by atoms with E-state index in [4.69, 9.17) is 4.74 Å². The van der Waals surface area contributed by atoms with Gasteiger partial charge in [0.2, 0.25) is 0 Å². The molecule has 0 aliphatic carbocycles. The molecule has 0 spiro atoms. The minimum atomic E-state index is 0.0154. The molecule has 1 fully saturated rings. The second-order valence-corrected chi connectivity index (χ2v) is 5.89. The Hall–Kier alpha value is -2.21. The van der Waals surface area contributed by atoms with Crippen LogP contribution in [-0.4, -0.2) is 51.9 Å². The molecule has 1 aromatic heterocycles. The molecular formula is C17H22N4O2. The van der Waals surface area contributed by atoms with Gasteiger partial charge in [-0.25, -0.2) is 0 Å². The zero-order valence-electron chi connectivity index (χ0n) is 13.4. The number of nitrogens with zero attached hydrogens (tertiary/aromatic N) is 4. The first-order valence-electron chi connectivity index (χ1n) is 8.07. The summed E-state index contributed by atoms with van der Waals surface area (Å²) in [5, 5.41) is 7.62. The van der Waals surface area contributed by atoms with E-state index < -0.39 is 0 Å². The predicted molar refractivity (Wildman–Crippen MR) is 86.5 cm³/mol. The standard InChI is InChI=1S/C17H22N4O2/c1-20(10-4-6-14-7-5-11-23-14)17(22)15-8-2-3-9-16(15)21-12-18-19-13-21/h2-3,8-9,12-14H,4-7,10-11H2,1H3/t14-/m1/s1. The lowest BCUT2D eigenvalue weighted by Crippen LogP contribution is -2.29. The monoisotopic (exact) mass is 314 g/mol. The summed E-state index contributed by atoms with van der Waals surface area (Å²) in [5.41, 5.74) is 1.46. The molecule has 1 amide bonds. The van der Waals surface area contributed by atoms with Crippen molar-refractivity contribution in [2.75, 3.05) is 20.2 Å². The van der Waals surface area contributed by atoms with Gasteiger partial charge in [0.25, 0.3) is 5.91 Å². The van der Waals surface area contributed by atoms with Crippen LogP contribution in [0.5, 0.6) is 0 Å². The Kier molecular flexibility index (Phi) is 5.02. The molecule has 122 valence electrons. The van der Waals surface area contributed by atoms with E-state index in [0.29, 0.717) is 11.7 Å². The molecule has 1 saturated heterocycles. The van der Waals surface area contributed by atoms with Gasteiger partial charge in [-0.1, -0.05) is 12.1 Å². The molecule has 0 unspecified atom stereocenters. The van der Waals surface area contributed by atoms with Crippen LogP contribution in [0.3, 0.4) is 0 Å². The maximum atomic E-state index is 12.7. The summed E-state index contributed by atoms with van der Waals surface area (Å²) in [6, 6.07) is 7.52. The van der Waals surface area contributed by atoms with E-state index in [2.05, 4.69) is 10.2 Å². The fraction of sp³-hybridized carbons (Fsp3) is 0.471. The Morgan fingerprint density at radius 3 is 2.87 bits per heavy atom. The van der Waals surface area contributed by atoms with Gasteiger partial charge in [-0.15, -0.1) is 10.2 Å². The Labute approximate surface area is 136 Å². The molecule has 1 aliphatic rings. The van der Waals surface area contributed by atoms with E-state index in [1.807, 2.05) is 31.3 Å². The normalized spacial score (nSPS) is 17.3. The van der Waals surface area contributed by atoms with E-state index in [1.165, 1.54) is 0 Å². The van der Waals surface area contributed by atoms with Crippen LogP contribution in [0.25, 0.3) is 5.69 Å². The van der Waals surface area contributed by atoms with Crippen molar-refractivity contribution in [1.82, 2.24) is 19.7 Å². The molecule has 1 aromatic carbocycles. The largest absolute Gasteiger partial charge is 0.378 e. The highest BCUT2D eigenvalue weighted by molar-refractivity contribution is 5.97. The molecule has 0 saturated carbocycles. The summed E-state index contributed by atoms with van der Waals surface area (Å²) in [7, 11) is 1.85. The Bertz CT molecular complexity index is 636. The first kappa shape index (κ1) is 15.7. The molecule has 2 aromatic rings. The highest BCUT2D eigenvalue weighted by Crippen LogP contribution is 2.18. The number of carbonyl (C=O) groups is 1. The fourth-order valence-corrected chi connectivity index (χ4v) is 2.94. The van der Waals surface area contributed by atoms with Crippen LogP contribution in [0.1, 0.15) is 36.0 Å². The first-order valence-corrected chi connectivity index (χ1v) is 8.07. The summed E-state index contributed by atoms with van der Waals surface area (Å²) in [6.07, 6.45) is 7.86.